The quantitative estimate of drug-likeness (QED) is 0.861. The molecule has 1 fully saturated rings. The maximum Gasteiger partial charge on any atom is 0.268 e. The van der Waals surface area contributed by atoms with Crippen molar-refractivity contribution in [3.63, 3.8) is 0 Å². The smallest absolute Gasteiger partial charge is 0.268 e. The summed E-state index contributed by atoms with van der Waals surface area (Å²) in [5, 5.41) is 3.02. The fraction of sp³-hybridized carbons (Fsp3) is 0.450. The van der Waals surface area contributed by atoms with Gasteiger partial charge in [-0.05, 0) is 43.2 Å². The molecular formula is C20H26FN3O2. The van der Waals surface area contributed by atoms with Crippen LogP contribution in [0.4, 0.5) is 4.39 Å². The van der Waals surface area contributed by atoms with E-state index < -0.39 is 0 Å². The molecule has 26 heavy (non-hydrogen) atoms. The highest BCUT2D eigenvalue weighted by molar-refractivity contribution is 5.94. The first kappa shape index (κ1) is 18.6. The Balaban J connectivity index is 1.67. The van der Waals surface area contributed by atoms with Gasteiger partial charge >= 0.3 is 0 Å². The highest BCUT2D eigenvalue weighted by atomic mass is 19.1. The molecule has 2 heterocycles. The molecule has 6 heteroatoms. The lowest BCUT2D eigenvalue weighted by Crippen LogP contribution is -2.41. The third-order valence-corrected chi connectivity index (χ3v) is 4.76. The summed E-state index contributed by atoms with van der Waals surface area (Å²) in [4.78, 5) is 15.0. The highest BCUT2D eigenvalue weighted by Crippen LogP contribution is 2.17. The third kappa shape index (κ3) is 4.51. The molecule has 1 aromatic heterocycles. The maximum absolute atomic E-state index is 13.5. The number of carbonyl (C=O) groups excluding carboxylic acids is 1. The van der Waals surface area contributed by atoms with Gasteiger partial charge in [0.1, 0.15) is 11.5 Å². The second kappa shape index (κ2) is 8.47. The van der Waals surface area contributed by atoms with Crippen molar-refractivity contribution in [2.45, 2.75) is 20.4 Å². The summed E-state index contributed by atoms with van der Waals surface area (Å²) in [7, 11) is 0. The Kier molecular flexibility index (Phi) is 6.06. The molecule has 5 nitrogen and oxygen atoms in total. The van der Waals surface area contributed by atoms with Crippen molar-refractivity contribution < 1.29 is 13.9 Å². The average Bonchev–Trinajstić information content (AvgIpc) is 2.89. The number of aryl methyl sites for hydroxylation is 2. The van der Waals surface area contributed by atoms with Gasteiger partial charge in [0.2, 0.25) is 0 Å². The Morgan fingerprint density at radius 1 is 1.23 bits per heavy atom. The zero-order chi connectivity index (χ0) is 18.5. The number of ether oxygens (including phenoxy) is 1. The van der Waals surface area contributed by atoms with Crippen LogP contribution in [0.2, 0.25) is 0 Å². The Morgan fingerprint density at radius 3 is 2.73 bits per heavy atom. The number of nitrogens with one attached hydrogen (secondary N) is 1. The highest BCUT2D eigenvalue weighted by Gasteiger charge is 2.18. The van der Waals surface area contributed by atoms with Gasteiger partial charge in [0.05, 0.1) is 13.2 Å². The van der Waals surface area contributed by atoms with Gasteiger partial charge < -0.3 is 14.6 Å². The molecule has 0 spiro atoms. The van der Waals surface area contributed by atoms with Gasteiger partial charge in [-0.1, -0.05) is 12.1 Å². The van der Waals surface area contributed by atoms with Crippen LogP contribution in [0.3, 0.4) is 0 Å². The molecule has 1 saturated heterocycles. The van der Waals surface area contributed by atoms with E-state index in [1.54, 1.807) is 6.07 Å². The summed E-state index contributed by atoms with van der Waals surface area (Å²) in [6.07, 6.45) is 0. The van der Waals surface area contributed by atoms with Gasteiger partial charge in [-0.15, -0.1) is 0 Å². The van der Waals surface area contributed by atoms with Crippen LogP contribution in [-0.4, -0.2) is 54.8 Å². The van der Waals surface area contributed by atoms with E-state index in [0.29, 0.717) is 18.8 Å². The first-order valence-corrected chi connectivity index (χ1v) is 9.04. The van der Waals surface area contributed by atoms with Crippen LogP contribution in [0.5, 0.6) is 0 Å². The topological polar surface area (TPSA) is 46.5 Å². The minimum Gasteiger partial charge on any atom is -0.379 e. The van der Waals surface area contributed by atoms with E-state index in [1.807, 2.05) is 30.5 Å². The monoisotopic (exact) mass is 359 g/mol. The second-order valence-electron chi connectivity index (χ2n) is 6.74. The predicted molar refractivity (Wildman–Crippen MR) is 99.0 cm³/mol. The zero-order valence-corrected chi connectivity index (χ0v) is 15.4. The summed E-state index contributed by atoms with van der Waals surface area (Å²) in [6.45, 7) is 9.12. The fourth-order valence-corrected chi connectivity index (χ4v) is 3.41. The van der Waals surface area contributed by atoms with Crippen LogP contribution in [0.1, 0.15) is 27.3 Å². The number of morpholine rings is 1. The van der Waals surface area contributed by atoms with Crippen molar-refractivity contribution in [3.8, 4) is 0 Å². The molecule has 1 amide bonds. The number of amides is 1. The van der Waals surface area contributed by atoms with Crippen LogP contribution < -0.4 is 5.32 Å². The Labute approximate surface area is 153 Å². The number of rotatable bonds is 6. The number of halogens is 1. The minimum atomic E-state index is -0.263. The number of hydrogen-bond acceptors (Lipinski definition) is 3. The normalized spacial score (nSPS) is 15.2. The molecule has 1 aromatic carbocycles. The SMILES string of the molecule is Cc1cc(C)n(Cc2cccc(F)c2)c1C(=O)NCCN1CCOCC1. The lowest BCUT2D eigenvalue weighted by molar-refractivity contribution is 0.0383. The molecule has 3 rings (SSSR count). The van der Waals surface area contributed by atoms with Crippen molar-refractivity contribution in [1.29, 1.82) is 0 Å². The van der Waals surface area contributed by atoms with Crippen LogP contribution in [-0.2, 0) is 11.3 Å². The van der Waals surface area contributed by atoms with Crippen LogP contribution >= 0.6 is 0 Å². The van der Waals surface area contributed by atoms with Crippen molar-refractivity contribution in [2.75, 3.05) is 39.4 Å². The Bertz CT molecular complexity index is 766. The first-order valence-electron chi connectivity index (χ1n) is 9.04. The number of carbonyl (C=O) groups is 1. The van der Waals surface area contributed by atoms with Crippen molar-refractivity contribution in [1.82, 2.24) is 14.8 Å². The van der Waals surface area contributed by atoms with Crippen molar-refractivity contribution >= 4 is 5.91 Å². The minimum absolute atomic E-state index is 0.0831. The van der Waals surface area contributed by atoms with Gasteiger partial charge in [0.25, 0.3) is 5.91 Å². The van der Waals surface area contributed by atoms with E-state index in [0.717, 1.165) is 49.7 Å². The molecule has 140 valence electrons. The average molecular weight is 359 g/mol. The van der Waals surface area contributed by atoms with E-state index >= 15 is 0 Å². The van der Waals surface area contributed by atoms with E-state index in [-0.39, 0.29) is 11.7 Å². The molecule has 0 saturated carbocycles. The zero-order valence-electron chi connectivity index (χ0n) is 15.4. The summed E-state index contributed by atoms with van der Waals surface area (Å²) in [5.74, 6) is -0.346. The van der Waals surface area contributed by atoms with Gasteiger partial charge in [-0.25, -0.2) is 4.39 Å². The molecule has 2 aromatic rings. The van der Waals surface area contributed by atoms with Crippen LogP contribution in [0, 0.1) is 19.7 Å². The molecule has 1 N–H and O–H groups in total. The van der Waals surface area contributed by atoms with Crippen LogP contribution in [0.25, 0.3) is 0 Å². The maximum atomic E-state index is 13.5. The van der Waals surface area contributed by atoms with E-state index in [4.69, 9.17) is 4.74 Å². The van der Waals surface area contributed by atoms with Crippen molar-refractivity contribution in [2.24, 2.45) is 0 Å². The van der Waals surface area contributed by atoms with Gasteiger partial charge in [0, 0.05) is 38.4 Å². The summed E-state index contributed by atoms with van der Waals surface area (Å²) < 4.78 is 20.8. The number of benzene rings is 1. The number of hydrogen-bond donors (Lipinski definition) is 1. The second-order valence-corrected chi connectivity index (χ2v) is 6.74. The van der Waals surface area contributed by atoms with Gasteiger partial charge in [-0.2, -0.15) is 0 Å². The molecule has 0 unspecified atom stereocenters. The summed E-state index contributed by atoms with van der Waals surface area (Å²) in [6, 6.07) is 8.50. The Morgan fingerprint density at radius 2 is 2.00 bits per heavy atom. The molecule has 0 aliphatic carbocycles. The molecule has 1 aliphatic heterocycles. The fourth-order valence-electron chi connectivity index (χ4n) is 3.41. The molecule has 0 atom stereocenters. The first-order chi connectivity index (χ1) is 12.5. The third-order valence-electron chi connectivity index (χ3n) is 4.76. The Hall–Kier alpha value is -2.18. The molecule has 0 bridgehead atoms. The lowest BCUT2D eigenvalue weighted by atomic mass is 10.2. The van der Waals surface area contributed by atoms with E-state index in [1.165, 1.54) is 12.1 Å². The largest absolute Gasteiger partial charge is 0.379 e. The van der Waals surface area contributed by atoms with Crippen molar-refractivity contribution in [3.05, 3.63) is 58.7 Å². The number of aromatic nitrogens is 1. The van der Waals surface area contributed by atoms with E-state index in [9.17, 15) is 9.18 Å². The number of nitrogens with zero attached hydrogens (tertiary/aromatic N) is 2. The lowest BCUT2D eigenvalue weighted by Gasteiger charge is -2.26. The molecule has 0 radical (unpaired) electrons. The van der Waals surface area contributed by atoms with Crippen LogP contribution in [0.15, 0.2) is 30.3 Å². The molecular weight excluding hydrogens is 333 g/mol. The van der Waals surface area contributed by atoms with E-state index in [2.05, 4.69) is 10.2 Å². The predicted octanol–water partition coefficient (Wildman–Crippen LogP) is 2.35. The summed E-state index contributed by atoms with van der Waals surface area (Å²) in [5.41, 5.74) is 3.41. The van der Waals surface area contributed by atoms with Gasteiger partial charge in [0.15, 0.2) is 0 Å². The summed E-state index contributed by atoms with van der Waals surface area (Å²) >= 11 is 0. The molecule has 1 aliphatic rings. The standard InChI is InChI=1S/C20H26FN3O2/c1-15-12-16(2)24(14-17-4-3-5-18(21)13-17)19(15)20(25)22-6-7-23-8-10-26-11-9-23/h3-5,12-13H,6-11,14H2,1-2H3,(H,22,25). The van der Waals surface area contributed by atoms with Gasteiger partial charge in [-0.3, -0.25) is 9.69 Å².